The topological polar surface area (TPSA) is 34.1 Å². The van der Waals surface area contributed by atoms with Gasteiger partial charge in [-0.05, 0) is 39.0 Å². The second-order valence-electron chi connectivity index (χ2n) is 5.06. The number of hydrogen-bond donors (Lipinski definition) is 0. The van der Waals surface area contributed by atoms with Crippen LogP contribution in [-0.4, -0.2) is 18.9 Å². The van der Waals surface area contributed by atoms with Crippen LogP contribution in [-0.2, 0) is 9.84 Å². The lowest BCUT2D eigenvalue weighted by Crippen LogP contribution is -2.37. The zero-order chi connectivity index (χ0) is 10.6. The number of hydrogen-bond acceptors (Lipinski definition) is 2. The van der Waals surface area contributed by atoms with Crippen molar-refractivity contribution in [3.63, 3.8) is 0 Å². The molecule has 78 valence electrons. The monoisotopic (exact) mass is 212 g/mol. The summed E-state index contributed by atoms with van der Waals surface area (Å²) in [5.74, 6) is 3.31. The van der Waals surface area contributed by atoms with Gasteiger partial charge in [-0.3, -0.25) is 0 Å². The quantitative estimate of drug-likeness (QED) is 0.619. The van der Waals surface area contributed by atoms with E-state index < -0.39 is 14.6 Å². The fraction of sp³-hybridized carbons (Fsp3) is 0.818. The maximum Gasteiger partial charge on any atom is 0.155 e. The second kappa shape index (κ2) is 2.55. The highest BCUT2D eigenvalue weighted by Gasteiger charge is 2.60. The van der Waals surface area contributed by atoms with Gasteiger partial charge in [0.25, 0.3) is 0 Å². The van der Waals surface area contributed by atoms with E-state index in [2.05, 4.69) is 5.92 Å². The van der Waals surface area contributed by atoms with Gasteiger partial charge in [0, 0.05) is 5.41 Å². The third kappa shape index (κ3) is 1.07. The molecule has 14 heavy (non-hydrogen) atoms. The summed E-state index contributed by atoms with van der Waals surface area (Å²) >= 11 is 0. The van der Waals surface area contributed by atoms with Crippen molar-refractivity contribution in [2.45, 2.75) is 37.9 Å². The Hall–Kier alpha value is -0.490. The van der Waals surface area contributed by atoms with Gasteiger partial charge in [-0.2, -0.15) is 0 Å². The predicted molar refractivity (Wildman–Crippen MR) is 56.5 cm³/mol. The minimum absolute atomic E-state index is 0.0902. The SMILES string of the molecule is C#CC1(C2CCS(=O)(=O)C2(C)C)CC1. The van der Waals surface area contributed by atoms with Gasteiger partial charge in [0.05, 0.1) is 10.5 Å². The zero-order valence-corrected chi connectivity index (χ0v) is 9.52. The lowest BCUT2D eigenvalue weighted by Gasteiger charge is -2.29. The maximum absolute atomic E-state index is 11.8. The highest BCUT2D eigenvalue weighted by molar-refractivity contribution is 7.93. The van der Waals surface area contributed by atoms with Crippen LogP contribution in [0.4, 0.5) is 0 Å². The summed E-state index contributed by atoms with van der Waals surface area (Å²) < 4.78 is 23.0. The molecular weight excluding hydrogens is 196 g/mol. The molecule has 1 aliphatic heterocycles. The largest absolute Gasteiger partial charge is 0.228 e. The summed E-state index contributed by atoms with van der Waals surface area (Å²) in [6.45, 7) is 3.66. The first kappa shape index (κ1) is 10.0. The Labute approximate surface area is 86.0 Å². The molecule has 1 saturated carbocycles. The van der Waals surface area contributed by atoms with Crippen LogP contribution < -0.4 is 0 Å². The summed E-state index contributed by atoms with van der Waals surface area (Å²) in [4.78, 5) is 0. The molecule has 0 bridgehead atoms. The van der Waals surface area contributed by atoms with Gasteiger partial charge >= 0.3 is 0 Å². The fourth-order valence-corrected chi connectivity index (χ4v) is 4.62. The molecule has 0 aromatic heterocycles. The summed E-state index contributed by atoms with van der Waals surface area (Å²) in [5.41, 5.74) is -0.0902. The molecule has 0 N–H and O–H groups in total. The highest BCUT2D eigenvalue weighted by atomic mass is 32.2. The van der Waals surface area contributed by atoms with Crippen LogP contribution in [0, 0.1) is 23.7 Å². The maximum atomic E-state index is 11.8. The molecule has 0 radical (unpaired) electrons. The van der Waals surface area contributed by atoms with Crippen molar-refractivity contribution in [2.24, 2.45) is 11.3 Å². The molecule has 0 amide bonds. The fourth-order valence-electron chi connectivity index (χ4n) is 2.77. The normalized spacial score (nSPS) is 36.2. The van der Waals surface area contributed by atoms with Crippen LogP contribution in [0.15, 0.2) is 0 Å². The molecule has 2 nitrogen and oxygen atoms in total. The molecule has 2 fully saturated rings. The van der Waals surface area contributed by atoms with Gasteiger partial charge in [-0.15, -0.1) is 6.42 Å². The van der Waals surface area contributed by atoms with Gasteiger partial charge in [-0.25, -0.2) is 8.42 Å². The summed E-state index contributed by atoms with van der Waals surface area (Å²) in [6, 6.07) is 0. The van der Waals surface area contributed by atoms with Gasteiger partial charge in [0.2, 0.25) is 0 Å². The first-order valence-electron chi connectivity index (χ1n) is 5.06. The van der Waals surface area contributed by atoms with Gasteiger partial charge < -0.3 is 0 Å². The van der Waals surface area contributed by atoms with Crippen LogP contribution in [0.1, 0.15) is 33.1 Å². The van der Waals surface area contributed by atoms with Crippen LogP contribution in [0.3, 0.4) is 0 Å². The van der Waals surface area contributed by atoms with Crippen molar-refractivity contribution in [3.05, 3.63) is 0 Å². The van der Waals surface area contributed by atoms with Crippen molar-refractivity contribution in [3.8, 4) is 12.3 Å². The smallest absolute Gasteiger partial charge is 0.155 e. The van der Waals surface area contributed by atoms with Crippen LogP contribution >= 0.6 is 0 Å². The van der Waals surface area contributed by atoms with E-state index >= 15 is 0 Å². The Bertz CT molecular complexity index is 393. The van der Waals surface area contributed by atoms with E-state index in [-0.39, 0.29) is 11.3 Å². The molecule has 1 unspecified atom stereocenters. The molecule has 1 saturated heterocycles. The molecular formula is C11H16O2S. The average Bonchev–Trinajstić information content (AvgIpc) is 2.80. The first-order valence-corrected chi connectivity index (χ1v) is 6.71. The minimum Gasteiger partial charge on any atom is -0.228 e. The highest BCUT2D eigenvalue weighted by Crippen LogP contribution is 2.59. The molecule has 1 heterocycles. The van der Waals surface area contributed by atoms with Gasteiger partial charge in [0.1, 0.15) is 0 Å². The van der Waals surface area contributed by atoms with E-state index in [9.17, 15) is 8.42 Å². The predicted octanol–water partition coefficient (Wildman–Crippen LogP) is 1.61. The number of sulfone groups is 1. The van der Waals surface area contributed by atoms with E-state index in [1.54, 1.807) is 0 Å². The minimum atomic E-state index is -2.92. The van der Waals surface area contributed by atoms with Crippen LogP contribution in [0.5, 0.6) is 0 Å². The van der Waals surface area contributed by atoms with Gasteiger partial charge in [-0.1, -0.05) is 5.92 Å². The van der Waals surface area contributed by atoms with Crippen molar-refractivity contribution in [1.29, 1.82) is 0 Å². The van der Waals surface area contributed by atoms with E-state index in [0.717, 1.165) is 19.3 Å². The number of terminal acetylenes is 1. The van der Waals surface area contributed by atoms with E-state index in [1.165, 1.54) is 0 Å². The lowest BCUT2D eigenvalue weighted by atomic mass is 9.79. The summed E-state index contributed by atoms with van der Waals surface area (Å²) in [7, 11) is -2.92. The Kier molecular flexibility index (Phi) is 1.83. The summed E-state index contributed by atoms with van der Waals surface area (Å²) in [6.07, 6.45) is 8.28. The van der Waals surface area contributed by atoms with Crippen molar-refractivity contribution in [2.75, 3.05) is 5.75 Å². The van der Waals surface area contributed by atoms with Crippen molar-refractivity contribution >= 4 is 9.84 Å². The Morgan fingerprint density at radius 3 is 2.21 bits per heavy atom. The van der Waals surface area contributed by atoms with E-state index in [0.29, 0.717) is 5.75 Å². The van der Waals surface area contributed by atoms with E-state index in [4.69, 9.17) is 6.42 Å². The molecule has 0 aromatic rings. The molecule has 0 spiro atoms. The number of rotatable bonds is 1. The Morgan fingerprint density at radius 2 is 1.93 bits per heavy atom. The molecule has 1 aliphatic carbocycles. The standard InChI is InChI=1S/C11H16O2S/c1-4-11(6-7-11)9-5-8-14(12,13)10(9,2)3/h1,9H,5-8H2,2-3H3. The Morgan fingerprint density at radius 1 is 1.36 bits per heavy atom. The van der Waals surface area contributed by atoms with E-state index in [1.807, 2.05) is 13.8 Å². The third-order valence-electron chi connectivity index (χ3n) is 4.06. The molecule has 3 heteroatoms. The van der Waals surface area contributed by atoms with Crippen LogP contribution in [0.2, 0.25) is 0 Å². The third-order valence-corrected chi connectivity index (χ3v) is 6.72. The van der Waals surface area contributed by atoms with Crippen LogP contribution in [0.25, 0.3) is 0 Å². The lowest BCUT2D eigenvalue weighted by molar-refractivity contribution is 0.319. The molecule has 1 atom stereocenters. The summed E-state index contributed by atoms with van der Waals surface area (Å²) in [5, 5.41) is 0. The second-order valence-corrected chi connectivity index (χ2v) is 7.75. The van der Waals surface area contributed by atoms with Crippen molar-refractivity contribution < 1.29 is 8.42 Å². The molecule has 2 aliphatic rings. The molecule has 2 rings (SSSR count). The van der Waals surface area contributed by atoms with Gasteiger partial charge in [0.15, 0.2) is 9.84 Å². The average molecular weight is 212 g/mol. The Balaban J connectivity index is 2.39. The van der Waals surface area contributed by atoms with Crippen molar-refractivity contribution in [1.82, 2.24) is 0 Å². The first-order chi connectivity index (χ1) is 6.36. The zero-order valence-electron chi connectivity index (χ0n) is 8.71. The molecule has 0 aromatic carbocycles.